The van der Waals surface area contributed by atoms with Gasteiger partial charge in [-0.25, -0.2) is 0 Å². The molecule has 10 heavy (non-hydrogen) atoms. The van der Waals surface area contributed by atoms with Gasteiger partial charge >= 0.3 is 0 Å². The van der Waals surface area contributed by atoms with Gasteiger partial charge in [-0.15, -0.1) is 0 Å². The van der Waals surface area contributed by atoms with Gasteiger partial charge in [0, 0.05) is 48.9 Å². The molecule has 1 aliphatic rings. The van der Waals surface area contributed by atoms with Crippen LogP contribution in [0.2, 0.25) is 0 Å². The number of nitrogens with zero attached hydrogens (tertiary/aromatic N) is 1. The zero-order chi connectivity index (χ0) is 7.56. The summed E-state index contributed by atoms with van der Waals surface area (Å²) in [5.74, 6) is 0.250. The van der Waals surface area contributed by atoms with Gasteiger partial charge in [0.05, 0.1) is 0 Å². The summed E-state index contributed by atoms with van der Waals surface area (Å²) in [6.07, 6.45) is 1.73. The number of likely N-dealkylation sites (tertiary alicyclic amines) is 1. The van der Waals surface area contributed by atoms with Crippen molar-refractivity contribution in [3.63, 3.8) is 0 Å². The highest BCUT2D eigenvalue weighted by Gasteiger charge is 2.21. The lowest BCUT2D eigenvalue weighted by Gasteiger charge is -2.27. The molecular weight excluding hydrogens is 243 g/mol. The van der Waals surface area contributed by atoms with Crippen molar-refractivity contribution in [2.75, 3.05) is 13.6 Å². The van der Waals surface area contributed by atoms with Crippen molar-refractivity contribution in [3.05, 3.63) is 0 Å². The maximum absolute atomic E-state index is 11.0. The number of piperidine rings is 1. The normalized spacial score (nSPS) is 27.2. The van der Waals surface area contributed by atoms with E-state index >= 15 is 0 Å². The lowest BCUT2D eigenvalue weighted by atomic mass is 10.1. The Balaban J connectivity index is 2.41. The van der Waals surface area contributed by atoms with Gasteiger partial charge in [-0.1, -0.05) is 0 Å². The van der Waals surface area contributed by atoms with E-state index in [1.165, 1.54) is 0 Å². The molecule has 58 valence electrons. The van der Waals surface area contributed by atoms with Gasteiger partial charge in [0.25, 0.3) is 0 Å². The van der Waals surface area contributed by atoms with Crippen molar-refractivity contribution in [2.45, 2.75) is 18.9 Å². The Kier molecular flexibility index (Phi) is 2.91. The van der Waals surface area contributed by atoms with E-state index in [0.29, 0.717) is 12.5 Å². The first-order chi connectivity index (χ1) is 4.74. The fraction of sp³-hybridized carbons (Fsp3) is 0.833. The number of nitrogens with one attached hydrogen (secondary N) is 1. The van der Waals surface area contributed by atoms with Gasteiger partial charge in [-0.05, 0) is 6.42 Å². The number of carbonyl (C=O) groups excluding carboxylic acids is 1. The standard InChI is InChI=1S/C6H11IN2O/c1-9-3-2-5(8-7)4-6(9)10/h5,8H,2-4H2,1H3. The van der Waals surface area contributed by atoms with Crippen LogP contribution in [0.4, 0.5) is 0 Å². The van der Waals surface area contributed by atoms with E-state index in [9.17, 15) is 4.79 Å². The molecular formula is C6H11IN2O. The van der Waals surface area contributed by atoms with Gasteiger partial charge in [0.2, 0.25) is 5.91 Å². The monoisotopic (exact) mass is 254 g/mol. The molecule has 1 aliphatic heterocycles. The second-order valence-corrected chi connectivity index (χ2v) is 3.24. The van der Waals surface area contributed by atoms with Crippen molar-refractivity contribution in [1.29, 1.82) is 0 Å². The Morgan fingerprint density at radius 1 is 1.80 bits per heavy atom. The molecule has 1 saturated heterocycles. The average molecular weight is 254 g/mol. The minimum atomic E-state index is 0.250. The zero-order valence-corrected chi connectivity index (χ0v) is 8.09. The lowest BCUT2D eigenvalue weighted by Crippen LogP contribution is -2.41. The first kappa shape index (κ1) is 8.26. The van der Waals surface area contributed by atoms with Crippen LogP contribution in [0.5, 0.6) is 0 Å². The largest absolute Gasteiger partial charge is 0.346 e. The number of amides is 1. The molecule has 1 N–H and O–H groups in total. The highest BCUT2D eigenvalue weighted by atomic mass is 127. The second-order valence-electron chi connectivity index (χ2n) is 2.61. The van der Waals surface area contributed by atoms with E-state index < -0.39 is 0 Å². The van der Waals surface area contributed by atoms with Crippen molar-refractivity contribution in [3.8, 4) is 0 Å². The van der Waals surface area contributed by atoms with E-state index in [0.717, 1.165) is 13.0 Å². The molecule has 1 heterocycles. The van der Waals surface area contributed by atoms with Gasteiger partial charge in [0.15, 0.2) is 0 Å². The summed E-state index contributed by atoms with van der Waals surface area (Å²) < 4.78 is 3.08. The van der Waals surface area contributed by atoms with Crippen LogP contribution in [0, 0.1) is 0 Å². The van der Waals surface area contributed by atoms with Crippen molar-refractivity contribution in [2.24, 2.45) is 0 Å². The third-order valence-corrected chi connectivity index (χ3v) is 2.69. The van der Waals surface area contributed by atoms with Crippen LogP contribution in [-0.2, 0) is 4.79 Å². The summed E-state index contributed by atoms with van der Waals surface area (Å²) in [4.78, 5) is 12.8. The molecule has 1 unspecified atom stereocenters. The number of hydrogen-bond donors (Lipinski definition) is 1. The lowest BCUT2D eigenvalue weighted by molar-refractivity contribution is -0.132. The van der Waals surface area contributed by atoms with Crippen LogP contribution in [0.1, 0.15) is 12.8 Å². The van der Waals surface area contributed by atoms with Crippen LogP contribution >= 0.6 is 22.9 Å². The maximum Gasteiger partial charge on any atom is 0.223 e. The highest BCUT2D eigenvalue weighted by Crippen LogP contribution is 2.10. The number of halogens is 1. The van der Waals surface area contributed by atoms with Crippen LogP contribution < -0.4 is 3.53 Å². The predicted molar refractivity (Wildman–Crippen MR) is 47.8 cm³/mol. The third-order valence-electron chi connectivity index (χ3n) is 1.81. The summed E-state index contributed by atoms with van der Waals surface area (Å²) in [6, 6.07) is 0.393. The summed E-state index contributed by atoms with van der Waals surface area (Å²) in [7, 11) is 1.85. The summed E-state index contributed by atoms with van der Waals surface area (Å²) >= 11 is 2.10. The molecule has 0 aromatic rings. The first-order valence-corrected chi connectivity index (χ1v) is 4.42. The SMILES string of the molecule is CN1CCC(NI)CC1=O. The molecule has 0 spiro atoms. The van der Waals surface area contributed by atoms with Crippen LogP contribution in [0.25, 0.3) is 0 Å². The summed E-state index contributed by atoms with van der Waals surface area (Å²) in [6.45, 7) is 0.888. The van der Waals surface area contributed by atoms with Crippen LogP contribution in [0.3, 0.4) is 0 Å². The first-order valence-electron chi connectivity index (χ1n) is 3.34. The molecule has 0 bridgehead atoms. The van der Waals surface area contributed by atoms with Crippen molar-refractivity contribution in [1.82, 2.24) is 8.43 Å². The fourth-order valence-corrected chi connectivity index (χ4v) is 1.57. The Labute approximate surface area is 74.6 Å². The van der Waals surface area contributed by atoms with Crippen LogP contribution in [-0.4, -0.2) is 30.4 Å². The van der Waals surface area contributed by atoms with E-state index in [-0.39, 0.29) is 5.91 Å². The minimum Gasteiger partial charge on any atom is -0.346 e. The zero-order valence-electron chi connectivity index (χ0n) is 5.93. The van der Waals surface area contributed by atoms with Gasteiger partial charge in [0.1, 0.15) is 0 Å². The number of rotatable bonds is 1. The smallest absolute Gasteiger partial charge is 0.223 e. The Morgan fingerprint density at radius 3 is 3.00 bits per heavy atom. The topological polar surface area (TPSA) is 32.3 Å². The summed E-state index contributed by atoms with van der Waals surface area (Å²) in [5.41, 5.74) is 0. The molecule has 4 heteroatoms. The summed E-state index contributed by atoms with van der Waals surface area (Å²) in [5, 5.41) is 0. The predicted octanol–water partition coefficient (Wildman–Crippen LogP) is 0.547. The molecule has 0 radical (unpaired) electrons. The Hall–Kier alpha value is 0.160. The molecule has 1 fully saturated rings. The molecule has 3 nitrogen and oxygen atoms in total. The van der Waals surface area contributed by atoms with Gasteiger partial charge < -0.3 is 4.90 Å². The number of carbonyl (C=O) groups is 1. The molecule has 0 aromatic carbocycles. The second kappa shape index (κ2) is 3.52. The van der Waals surface area contributed by atoms with E-state index in [2.05, 4.69) is 26.4 Å². The quantitative estimate of drug-likeness (QED) is 0.547. The fourth-order valence-electron chi connectivity index (χ4n) is 1.04. The average Bonchev–Trinajstić information content (AvgIpc) is 1.95. The maximum atomic E-state index is 11.0. The highest BCUT2D eigenvalue weighted by molar-refractivity contribution is 14.1. The molecule has 1 atom stereocenters. The van der Waals surface area contributed by atoms with Gasteiger partial charge in [-0.2, -0.15) is 0 Å². The third kappa shape index (κ3) is 1.82. The number of hydrogen-bond acceptors (Lipinski definition) is 2. The molecule has 0 aliphatic carbocycles. The molecule has 0 aromatic heterocycles. The van der Waals surface area contributed by atoms with Crippen molar-refractivity contribution >= 4 is 28.8 Å². The van der Waals surface area contributed by atoms with Crippen molar-refractivity contribution < 1.29 is 4.79 Å². The van der Waals surface area contributed by atoms with E-state index in [1.54, 1.807) is 4.90 Å². The minimum absolute atomic E-state index is 0.250. The van der Waals surface area contributed by atoms with E-state index in [1.807, 2.05) is 7.05 Å². The Morgan fingerprint density at radius 2 is 2.50 bits per heavy atom. The van der Waals surface area contributed by atoms with Gasteiger partial charge in [-0.3, -0.25) is 8.32 Å². The molecule has 1 amide bonds. The molecule has 1 rings (SSSR count). The molecule has 0 saturated carbocycles. The van der Waals surface area contributed by atoms with E-state index in [4.69, 9.17) is 0 Å². The van der Waals surface area contributed by atoms with Crippen LogP contribution in [0.15, 0.2) is 0 Å². The Bertz CT molecular complexity index is 140.